The van der Waals surface area contributed by atoms with E-state index in [1.165, 1.54) is 32.1 Å². The van der Waals surface area contributed by atoms with E-state index in [1.54, 1.807) is 7.11 Å². The number of hydrogen-bond acceptors (Lipinski definition) is 3. The van der Waals surface area contributed by atoms with E-state index in [4.69, 9.17) is 4.74 Å². The van der Waals surface area contributed by atoms with Crippen LogP contribution >= 0.6 is 0 Å². The van der Waals surface area contributed by atoms with Gasteiger partial charge in [-0.1, -0.05) is 13.8 Å². The lowest BCUT2D eigenvalue weighted by molar-refractivity contribution is -0.163. The first-order chi connectivity index (χ1) is 12.2. The SMILES string of the molecule is COCC1(O)CC[C@@]2(C)[C@H](CC[C@@H]3[C@@H]2CC[C@]2(C)[C@@H](C(C)=O)CC[C@@H]32)C1. The molecular weight excluding hydrogens is 324 g/mol. The summed E-state index contributed by atoms with van der Waals surface area (Å²) in [5.41, 5.74) is 0.0161. The van der Waals surface area contributed by atoms with E-state index in [0.717, 1.165) is 43.4 Å². The third-order valence-corrected chi connectivity index (χ3v) is 9.72. The van der Waals surface area contributed by atoms with Gasteiger partial charge >= 0.3 is 0 Å². The number of ether oxygens (including phenoxy) is 1. The highest BCUT2D eigenvalue weighted by molar-refractivity contribution is 5.79. The van der Waals surface area contributed by atoms with Gasteiger partial charge in [-0.2, -0.15) is 0 Å². The van der Waals surface area contributed by atoms with E-state index in [2.05, 4.69) is 13.8 Å². The Kier molecular flexibility index (Phi) is 4.59. The number of rotatable bonds is 3. The Labute approximate surface area is 159 Å². The Morgan fingerprint density at radius 3 is 2.42 bits per heavy atom. The number of ketones is 1. The summed E-state index contributed by atoms with van der Waals surface area (Å²) in [7, 11) is 1.70. The number of methoxy groups -OCH3 is 1. The standard InChI is InChI=1S/C23H38O3/c1-15(24)18-7-8-19-17-6-5-16-13-23(25,14-26-4)12-11-21(16,2)20(17)9-10-22(18,19)3/h16-20,25H,5-14H2,1-4H3/t16-,17+,18-,19+,20+,21+,22-,23?/m1/s1. The van der Waals surface area contributed by atoms with Crippen LogP contribution in [0.3, 0.4) is 0 Å². The normalized spacial score (nSPS) is 53.5. The van der Waals surface area contributed by atoms with Crippen molar-refractivity contribution in [3.05, 3.63) is 0 Å². The molecule has 4 fully saturated rings. The van der Waals surface area contributed by atoms with Gasteiger partial charge in [-0.15, -0.1) is 0 Å². The minimum absolute atomic E-state index is 0.252. The maximum atomic E-state index is 12.3. The van der Waals surface area contributed by atoms with E-state index in [-0.39, 0.29) is 5.41 Å². The molecule has 0 bridgehead atoms. The lowest BCUT2D eigenvalue weighted by atomic mass is 9.44. The van der Waals surface area contributed by atoms with Gasteiger partial charge in [0, 0.05) is 13.0 Å². The van der Waals surface area contributed by atoms with Gasteiger partial charge in [0.2, 0.25) is 0 Å². The first kappa shape index (κ1) is 18.9. The van der Waals surface area contributed by atoms with Crippen LogP contribution in [-0.4, -0.2) is 30.2 Å². The van der Waals surface area contributed by atoms with Gasteiger partial charge in [-0.05, 0) is 99.2 Å². The van der Waals surface area contributed by atoms with Gasteiger partial charge < -0.3 is 9.84 Å². The molecule has 4 saturated carbocycles. The minimum atomic E-state index is -0.609. The molecule has 3 heteroatoms. The van der Waals surface area contributed by atoms with Crippen molar-refractivity contribution in [2.75, 3.05) is 13.7 Å². The Morgan fingerprint density at radius 2 is 1.73 bits per heavy atom. The molecule has 0 amide bonds. The molecule has 0 aromatic heterocycles. The summed E-state index contributed by atoms with van der Waals surface area (Å²) >= 11 is 0. The summed E-state index contributed by atoms with van der Waals surface area (Å²) in [6, 6.07) is 0. The number of hydrogen-bond donors (Lipinski definition) is 1. The predicted octanol–water partition coefficient (Wildman–Crippen LogP) is 4.61. The monoisotopic (exact) mass is 362 g/mol. The second kappa shape index (κ2) is 6.30. The molecule has 3 nitrogen and oxygen atoms in total. The largest absolute Gasteiger partial charge is 0.387 e. The van der Waals surface area contributed by atoms with Crippen molar-refractivity contribution in [3.63, 3.8) is 0 Å². The second-order valence-electron chi connectivity index (χ2n) is 10.8. The number of fused-ring (bicyclic) bond motifs is 5. The topological polar surface area (TPSA) is 46.5 Å². The van der Waals surface area contributed by atoms with Crippen LogP contribution in [0.2, 0.25) is 0 Å². The molecular formula is C23H38O3. The molecule has 0 heterocycles. The summed E-state index contributed by atoms with van der Waals surface area (Å²) in [6.07, 6.45) is 10.4. The molecule has 0 aromatic rings. The van der Waals surface area contributed by atoms with Crippen molar-refractivity contribution >= 4 is 5.78 Å². The molecule has 8 atom stereocenters. The molecule has 26 heavy (non-hydrogen) atoms. The number of carbonyl (C=O) groups excluding carboxylic acids is 1. The first-order valence-electron chi connectivity index (χ1n) is 11.0. The summed E-state index contributed by atoms with van der Waals surface area (Å²) in [6.45, 7) is 7.26. The molecule has 0 aliphatic heterocycles. The lowest BCUT2D eigenvalue weighted by Gasteiger charge is -2.62. The quantitative estimate of drug-likeness (QED) is 0.797. The summed E-state index contributed by atoms with van der Waals surface area (Å²) in [5, 5.41) is 10.9. The Bertz CT molecular complexity index is 574. The van der Waals surface area contributed by atoms with Crippen molar-refractivity contribution in [2.45, 2.75) is 84.2 Å². The van der Waals surface area contributed by atoms with Crippen LogP contribution < -0.4 is 0 Å². The summed E-state index contributed by atoms with van der Waals surface area (Å²) in [5.74, 6) is 3.69. The lowest BCUT2D eigenvalue weighted by Crippen LogP contribution is -2.56. The molecule has 0 saturated heterocycles. The van der Waals surface area contributed by atoms with Crippen LogP contribution in [0.25, 0.3) is 0 Å². The predicted molar refractivity (Wildman–Crippen MR) is 103 cm³/mol. The zero-order valence-corrected chi connectivity index (χ0v) is 17.2. The Morgan fingerprint density at radius 1 is 1.00 bits per heavy atom. The van der Waals surface area contributed by atoms with Crippen LogP contribution in [0.1, 0.15) is 78.6 Å². The molecule has 0 aromatic carbocycles. The van der Waals surface area contributed by atoms with Crippen molar-refractivity contribution in [1.82, 2.24) is 0 Å². The van der Waals surface area contributed by atoms with Gasteiger partial charge in [0.25, 0.3) is 0 Å². The molecule has 4 aliphatic rings. The van der Waals surface area contributed by atoms with E-state index >= 15 is 0 Å². The van der Waals surface area contributed by atoms with Crippen LogP contribution in [0, 0.1) is 40.4 Å². The highest BCUT2D eigenvalue weighted by Gasteiger charge is 2.61. The van der Waals surface area contributed by atoms with Gasteiger partial charge in [0.1, 0.15) is 5.78 Å². The van der Waals surface area contributed by atoms with Crippen LogP contribution in [0.5, 0.6) is 0 Å². The van der Waals surface area contributed by atoms with Crippen LogP contribution in [0.15, 0.2) is 0 Å². The maximum absolute atomic E-state index is 12.3. The summed E-state index contributed by atoms with van der Waals surface area (Å²) < 4.78 is 5.33. The van der Waals surface area contributed by atoms with E-state index in [0.29, 0.717) is 29.6 Å². The Balaban J connectivity index is 1.56. The van der Waals surface area contributed by atoms with Crippen molar-refractivity contribution in [1.29, 1.82) is 0 Å². The zero-order chi connectivity index (χ0) is 18.7. The molecule has 1 N–H and O–H groups in total. The van der Waals surface area contributed by atoms with Gasteiger partial charge in [-0.25, -0.2) is 0 Å². The second-order valence-corrected chi connectivity index (χ2v) is 10.8. The van der Waals surface area contributed by atoms with Gasteiger partial charge in [0.05, 0.1) is 12.2 Å². The zero-order valence-electron chi connectivity index (χ0n) is 17.2. The molecule has 1 unspecified atom stereocenters. The fourth-order valence-corrected chi connectivity index (χ4v) is 8.39. The third-order valence-electron chi connectivity index (χ3n) is 9.72. The van der Waals surface area contributed by atoms with Crippen LogP contribution in [-0.2, 0) is 9.53 Å². The molecule has 0 radical (unpaired) electrons. The smallest absolute Gasteiger partial charge is 0.133 e. The van der Waals surface area contributed by atoms with Gasteiger partial charge in [-0.3, -0.25) is 4.79 Å². The Hall–Kier alpha value is -0.410. The number of aliphatic hydroxyl groups is 1. The fraction of sp³-hybridized carbons (Fsp3) is 0.957. The van der Waals surface area contributed by atoms with E-state index in [9.17, 15) is 9.90 Å². The molecule has 4 aliphatic carbocycles. The number of carbonyl (C=O) groups is 1. The first-order valence-corrected chi connectivity index (χ1v) is 11.0. The third kappa shape index (κ3) is 2.64. The van der Waals surface area contributed by atoms with Crippen molar-refractivity contribution in [3.8, 4) is 0 Å². The van der Waals surface area contributed by atoms with Crippen LogP contribution in [0.4, 0.5) is 0 Å². The summed E-state index contributed by atoms with van der Waals surface area (Å²) in [4.78, 5) is 12.3. The van der Waals surface area contributed by atoms with Gasteiger partial charge in [0.15, 0.2) is 0 Å². The van der Waals surface area contributed by atoms with E-state index < -0.39 is 5.60 Å². The van der Waals surface area contributed by atoms with E-state index in [1.807, 2.05) is 6.92 Å². The molecule has 148 valence electrons. The van der Waals surface area contributed by atoms with Crippen molar-refractivity contribution < 1.29 is 14.6 Å². The molecule has 0 spiro atoms. The average molecular weight is 363 g/mol. The highest BCUT2D eigenvalue weighted by atomic mass is 16.5. The average Bonchev–Trinajstić information content (AvgIpc) is 2.93. The van der Waals surface area contributed by atoms with Crippen molar-refractivity contribution in [2.24, 2.45) is 40.4 Å². The fourth-order valence-electron chi connectivity index (χ4n) is 8.39. The molecule has 4 rings (SSSR count). The maximum Gasteiger partial charge on any atom is 0.133 e. The highest BCUT2D eigenvalue weighted by Crippen LogP contribution is 2.68. The number of Topliss-reactive ketones (excluding diaryl/α,β-unsaturated/α-hetero) is 1. The minimum Gasteiger partial charge on any atom is -0.387 e.